The molecule has 7 heteroatoms. The molecule has 0 bridgehead atoms. The van der Waals surface area contributed by atoms with E-state index in [2.05, 4.69) is 20.9 Å². The first-order valence-electron chi connectivity index (χ1n) is 7.75. The van der Waals surface area contributed by atoms with Crippen LogP contribution in [0, 0.1) is 0 Å². The summed E-state index contributed by atoms with van der Waals surface area (Å²) in [5, 5.41) is 1.40. The van der Waals surface area contributed by atoms with Crippen LogP contribution < -0.4 is 5.56 Å². The van der Waals surface area contributed by atoms with Crippen LogP contribution in [0.5, 0.6) is 0 Å². The van der Waals surface area contributed by atoms with E-state index in [0.29, 0.717) is 15.8 Å². The van der Waals surface area contributed by atoms with E-state index in [1.54, 1.807) is 12.1 Å². The van der Waals surface area contributed by atoms with Gasteiger partial charge in [0.05, 0.1) is 18.3 Å². The Kier molecular flexibility index (Phi) is 4.05. The van der Waals surface area contributed by atoms with Crippen molar-refractivity contribution in [3.8, 4) is 0 Å². The molecule has 0 radical (unpaired) electrons. The molecule has 0 spiro atoms. The van der Waals surface area contributed by atoms with Crippen molar-refractivity contribution >= 4 is 54.2 Å². The largest absolute Gasteiger partial charge is 0.453 e. The number of aryl methyl sites for hydroxylation is 1. The Labute approximate surface area is 155 Å². The first kappa shape index (κ1) is 16.2. The average molecular weight is 417 g/mol. The molecule has 1 aromatic carbocycles. The molecule has 4 aromatic rings. The number of nitrogens with zero attached hydrogens (tertiary/aromatic N) is 2. The Hall–Kier alpha value is -2.25. The second-order valence-corrected chi connectivity index (χ2v) is 7.71. The Morgan fingerprint density at radius 3 is 2.96 bits per heavy atom. The number of furan rings is 1. The second-order valence-electron chi connectivity index (χ2n) is 5.68. The van der Waals surface area contributed by atoms with Gasteiger partial charge in [-0.2, -0.15) is 0 Å². The van der Waals surface area contributed by atoms with Crippen LogP contribution in [0.2, 0.25) is 0 Å². The lowest BCUT2D eigenvalue weighted by Crippen LogP contribution is -2.24. The van der Waals surface area contributed by atoms with E-state index in [-0.39, 0.29) is 23.6 Å². The molecule has 25 heavy (non-hydrogen) atoms. The molecule has 0 fully saturated rings. The van der Waals surface area contributed by atoms with E-state index in [0.717, 1.165) is 21.2 Å². The van der Waals surface area contributed by atoms with Gasteiger partial charge < -0.3 is 4.42 Å². The van der Waals surface area contributed by atoms with Crippen LogP contribution in [0.3, 0.4) is 0 Å². The van der Waals surface area contributed by atoms with E-state index in [9.17, 15) is 9.59 Å². The normalized spacial score (nSPS) is 11.4. The Balaban J connectivity index is 1.68. The summed E-state index contributed by atoms with van der Waals surface area (Å²) in [6.07, 6.45) is 2.28. The lowest BCUT2D eigenvalue weighted by molar-refractivity contribution is 0.0945. The fourth-order valence-corrected chi connectivity index (χ4v) is 3.99. The molecule has 0 amide bonds. The zero-order valence-electron chi connectivity index (χ0n) is 13.3. The number of ketones is 1. The second kappa shape index (κ2) is 6.24. The summed E-state index contributed by atoms with van der Waals surface area (Å²) in [6.45, 7) is 1.94. The highest BCUT2D eigenvalue weighted by Gasteiger charge is 2.16. The zero-order chi connectivity index (χ0) is 17.6. The van der Waals surface area contributed by atoms with E-state index < -0.39 is 0 Å². The van der Waals surface area contributed by atoms with Gasteiger partial charge in [0.25, 0.3) is 5.56 Å². The van der Waals surface area contributed by atoms with E-state index in [4.69, 9.17) is 4.42 Å². The summed E-state index contributed by atoms with van der Waals surface area (Å²) in [4.78, 5) is 31.2. The first-order valence-corrected chi connectivity index (χ1v) is 9.36. The standard InChI is InChI=1S/C18H13BrN2O3S/c1-2-12-7-13-17(25-12)20-9-21(18(13)23)8-14(22)16-6-10-5-11(19)3-4-15(10)24-16/h3-7,9H,2,8H2,1H3. The lowest BCUT2D eigenvalue weighted by atomic mass is 10.2. The highest BCUT2D eigenvalue weighted by Crippen LogP contribution is 2.24. The van der Waals surface area contributed by atoms with Gasteiger partial charge in [-0.1, -0.05) is 22.9 Å². The number of carbonyl (C=O) groups is 1. The van der Waals surface area contributed by atoms with Gasteiger partial charge in [-0.25, -0.2) is 4.98 Å². The predicted octanol–water partition coefficient (Wildman–Crippen LogP) is 4.41. The van der Waals surface area contributed by atoms with Crippen molar-refractivity contribution in [2.24, 2.45) is 0 Å². The minimum atomic E-state index is -0.262. The average Bonchev–Trinajstić information content (AvgIpc) is 3.20. The molecule has 0 unspecified atom stereocenters. The Bertz CT molecular complexity index is 1170. The van der Waals surface area contributed by atoms with Crippen molar-refractivity contribution in [1.82, 2.24) is 9.55 Å². The first-order chi connectivity index (χ1) is 12.0. The molecule has 4 rings (SSSR count). The SMILES string of the molecule is CCc1cc2c(=O)n(CC(=O)c3cc4cc(Br)ccc4o3)cnc2s1. The van der Waals surface area contributed by atoms with Crippen molar-refractivity contribution in [3.63, 3.8) is 0 Å². The Morgan fingerprint density at radius 2 is 2.16 bits per heavy atom. The lowest BCUT2D eigenvalue weighted by Gasteiger charge is -2.02. The number of hydrogen-bond acceptors (Lipinski definition) is 5. The number of benzene rings is 1. The summed E-state index contributed by atoms with van der Waals surface area (Å²) >= 11 is 4.90. The van der Waals surface area contributed by atoms with Gasteiger partial charge in [0.15, 0.2) is 5.76 Å². The van der Waals surface area contributed by atoms with Crippen LogP contribution in [0.15, 0.2) is 50.3 Å². The van der Waals surface area contributed by atoms with Crippen LogP contribution in [0.4, 0.5) is 0 Å². The van der Waals surface area contributed by atoms with Gasteiger partial charge >= 0.3 is 0 Å². The topological polar surface area (TPSA) is 65.1 Å². The maximum Gasteiger partial charge on any atom is 0.262 e. The molecule has 0 aliphatic heterocycles. The summed E-state index contributed by atoms with van der Waals surface area (Å²) in [5.41, 5.74) is 0.436. The highest BCUT2D eigenvalue weighted by atomic mass is 79.9. The summed E-state index contributed by atoms with van der Waals surface area (Å²) in [5.74, 6) is -0.0267. The number of hydrogen-bond donors (Lipinski definition) is 0. The van der Waals surface area contributed by atoms with Gasteiger partial charge in [0.2, 0.25) is 5.78 Å². The number of halogens is 1. The van der Waals surface area contributed by atoms with Crippen molar-refractivity contribution in [3.05, 3.63) is 62.1 Å². The molecule has 0 saturated carbocycles. The maximum atomic E-state index is 12.6. The molecular formula is C18H13BrN2O3S. The monoisotopic (exact) mass is 416 g/mol. The number of Topliss-reactive ketones (excluding diaryl/α,β-unsaturated/α-hetero) is 1. The molecule has 0 N–H and O–H groups in total. The van der Waals surface area contributed by atoms with Gasteiger partial charge in [0.1, 0.15) is 10.4 Å². The third-order valence-electron chi connectivity index (χ3n) is 3.98. The van der Waals surface area contributed by atoms with Crippen LogP contribution in [-0.4, -0.2) is 15.3 Å². The number of thiophene rings is 1. The third-order valence-corrected chi connectivity index (χ3v) is 5.67. The highest BCUT2D eigenvalue weighted by molar-refractivity contribution is 9.10. The third kappa shape index (κ3) is 2.94. The van der Waals surface area contributed by atoms with Gasteiger partial charge in [0, 0.05) is 14.7 Å². The van der Waals surface area contributed by atoms with Crippen molar-refractivity contribution < 1.29 is 9.21 Å². The molecule has 3 heterocycles. The number of fused-ring (bicyclic) bond motifs is 2. The van der Waals surface area contributed by atoms with Crippen molar-refractivity contribution in [2.45, 2.75) is 19.9 Å². The van der Waals surface area contributed by atoms with Crippen LogP contribution in [0.1, 0.15) is 22.4 Å². The van der Waals surface area contributed by atoms with E-state index >= 15 is 0 Å². The van der Waals surface area contributed by atoms with Crippen LogP contribution in [0.25, 0.3) is 21.2 Å². The molecule has 3 aromatic heterocycles. The van der Waals surface area contributed by atoms with E-state index in [1.165, 1.54) is 22.2 Å². The van der Waals surface area contributed by atoms with Gasteiger partial charge in [-0.05, 0) is 36.8 Å². The maximum absolute atomic E-state index is 12.6. The van der Waals surface area contributed by atoms with Gasteiger partial charge in [-0.15, -0.1) is 11.3 Å². The number of aromatic nitrogens is 2. The molecule has 0 aliphatic carbocycles. The molecule has 126 valence electrons. The number of rotatable bonds is 4. The smallest absolute Gasteiger partial charge is 0.262 e. The van der Waals surface area contributed by atoms with Crippen LogP contribution >= 0.6 is 27.3 Å². The minimum absolute atomic E-state index is 0.0972. The van der Waals surface area contributed by atoms with Crippen LogP contribution in [-0.2, 0) is 13.0 Å². The molecule has 0 aliphatic rings. The van der Waals surface area contributed by atoms with Crippen molar-refractivity contribution in [1.29, 1.82) is 0 Å². The molecule has 5 nitrogen and oxygen atoms in total. The summed E-state index contributed by atoms with van der Waals surface area (Å²) < 4.78 is 7.85. The Morgan fingerprint density at radius 1 is 1.32 bits per heavy atom. The summed E-state index contributed by atoms with van der Waals surface area (Å²) in [6, 6.07) is 9.08. The quantitative estimate of drug-likeness (QED) is 0.462. The predicted molar refractivity (Wildman–Crippen MR) is 102 cm³/mol. The van der Waals surface area contributed by atoms with Gasteiger partial charge in [-0.3, -0.25) is 14.2 Å². The van der Waals surface area contributed by atoms with E-state index in [1.807, 2.05) is 25.1 Å². The molecule has 0 saturated heterocycles. The zero-order valence-corrected chi connectivity index (χ0v) is 15.7. The van der Waals surface area contributed by atoms with Crippen molar-refractivity contribution in [2.75, 3.05) is 0 Å². The number of carbonyl (C=O) groups excluding carboxylic acids is 1. The fraction of sp³-hybridized carbons (Fsp3) is 0.167. The fourth-order valence-electron chi connectivity index (χ4n) is 2.68. The minimum Gasteiger partial charge on any atom is -0.453 e. The molecule has 0 atom stereocenters. The molecular weight excluding hydrogens is 404 g/mol. The summed E-state index contributed by atoms with van der Waals surface area (Å²) in [7, 11) is 0.